The molecule has 0 fully saturated rings. The van der Waals surface area contributed by atoms with E-state index < -0.39 is 0 Å². The van der Waals surface area contributed by atoms with Crippen LogP contribution in [0.5, 0.6) is 0 Å². The van der Waals surface area contributed by atoms with E-state index in [-0.39, 0.29) is 23.3 Å². The number of hydrogen-bond acceptors (Lipinski definition) is 3. The van der Waals surface area contributed by atoms with Gasteiger partial charge in [-0.25, -0.2) is 4.98 Å². The molecular weight excluding hydrogens is 364 g/mol. The summed E-state index contributed by atoms with van der Waals surface area (Å²) < 4.78 is 1.62. The van der Waals surface area contributed by atoms with Gasteiger partial charge in [0.1, 0.15) is 0 Å². The van der Waals surface area contributed by atoms with Crippen molar-refractivity contribution in [3.8, 4) is 0 Å². The molecule has 144 valence electrons. The lowest BCUT2D eigenvalue weighted by Crippen LogP contribution is -2.16. The maximum atomic E-state index is 12.9. The van der Waals surface area contributed by atoms with Crippen LogP contribution >= 0.6 is 0 Å². The molecule has 0 atom stereocenters. The quantitative estimate of drug-likeness (QED) is 0.546. The topological polar surface area (TPSA) is 75.5 Å². The molecule has 0 saturated carbocycles. The van der Waals surface area contributed by atoms with Crippen molar-refractivity contribution in [1.29, 1.82) is 0 Å². The molecule has 4 aromatic rings. The molecule has 6 heteroatoms. The van der Waals surface area contributed by atoms with Gasteiger partial charge < -0.3 is 10.6 Å². The number of fused-ring (bicyclic) bond motifs is 1. The molecule has 2 aromatic carbocycles. The van der Waals surface area contributed by atoms with Crippen molar-refractivity contribution in [2.75, 3.05) is 10.6 Å². The Morgan fingerprint density at radius 2 is 1.55 bits per heavy atom. The van der Waals surface area contributed by atoms with Crippen molar-refractivity contribution in [1.82, 2.24) is 9.38 Å². The highest BCUT2D eigenvalue weighted by atomic mass is 16.2. The minimum atomic E-state index is -0.384. The third-order valence-electron chi connectivity index (χ3n) is 4.67. The van der Waals surface area contributed by atoms with Crippen molar-refractivity contribution in [2.45, 2.75) is 13.8 Å². The summed E-state index contributed by atoms with van der Waals surface area (Å²) in [5.74, 6) is -0.599. The standard InChI is InChI=1S/C23H20N4O2/c1-15-10-12-17(13-11-15)24-23(29)21-26-20(19-9-5-6-14-27(19)21)22(28)25-18-8-4-3-7-16(18)2/h3-14H,1-2H3,(H,24,29)(H,25,28). The fourth-order valence-corrected chi connectivity index (χ4v) is 3.08. The Morgan fingerprint density at radius 1 is 0.828 bits per heavy atom. The Balaban J connectivity index is 1.67. The minimum absolute atomic E-state index is 0.149. The first-order chi connectivity index (χ1) is 14.0. The molecule has 2 N–H and O–H groups in total. The molecule has 2 aromatic heterocycles. The number of amides is 2. The van der Waals surface area contributed by atoms with E-state index in [1.807, 2.05) is 68.4 Å². The molecule has 4 rings (SSSR count). The van der Waals surface area contributed by atoms with Crippen LogP contribution < -0.4 is 10.6 Å². The Morgan fingerprint density at radius 3 is 2.31 bits per heavy atom. The highest BCUT2D eigenvalue weighted by Crippen LogP contribution is 2.19. The number of nitrogens with zero attached hydrogens (tertiary/aromatic N) is 2. The van der Waals surface area contributed by atoms with Gasteiger partial charge in [0, 0.05) is 17.6 Å². The number of aromatic nitrogens is 2. The van der Waals surface area contributed by atoms with Crippen LogP contribution in [-0.4, -0.2) is 21.2 Å². The number of imidazole rings is 1. The number of carbonyl (C=O) groups is 2. The van der Waals surface area contributed by atoms with Crippen LogP contribution in [0.1, 0.15) is 32.2 Å². The fraction of sp³-hybridized carbons (Fsp3) is 0.0870. The summed E-state index contributed by atoms with van der Waals surface area (Å²) in [6.07, 6.45) is 1.72. The van der Waals surface area contributed by atoms with Gasteiger partial charge in [-0.15, -0.1) is 0 Å². The summed E-state index contributed by atoms with van der Waals surface area (Å²) in [5.41, 5.74) is 4.18. The molecule has 0 saturated heterocycles. The van der Waals surface area contributed by atoms with Crippen molar-refractivity contribution in [3.63, 3.8) is 0 Å². The first kappa shape index (κ1) is 18.4. The number of aryl methyl sites for hydroxylation is 2. The lowest BCUT2D eigenvalue weighted by molar-refractivity contribution is 0.101. The van der Waals surface area contributed by atoms with Crippen molar-refractivity contribution in [3.05, 3.63) is 95.6 Å². The second-order valence-corrected chi connectivity index (χ2v) is 6.83. The first-order valence-corrected chi connectivity index (χ1v) is 9.25. The molecule has 0 aliphatic carbocycles. The maximum Gasteiger partial charge on any atom is 0.292 e. The number of para-hydroxylation sites is 1. The second kappa shape index (κ2) is 7.59. The number of nitrogens with one attached hydrogen (secondary N) is 2. The van der Waals surface area contributed by atoms with Crippen LogP contribution in [0.3, 0.4) is 0 Å². The molecular formula is C23H20N4O2. The Labute approximate surface area is 168 Å². The van der Waals surface area contributed by atoms with Gasteiger partial charge in [-0.2, -0.15) is 0 Å². The van der Waals surface area contributed by atoms with Gasteiger partial charge in [0.25, 0.3) is 11.8 Å². The third-order valence-corrected chi connectivity index (χ3v) is 4.67. The number of hydrogen-bond donors (Lipinski definition) is 2. The molecule has 0 radical (unpaired) electrons. The average molecular weight is 384 g/mol. The van der Waals surface area contributed by atoms with E-state index in [2.05, 4.69) is 15.6 Å². The van der Waals surface area contributed by atoms with E-state index in [0.717, 1.165) is 11.1 Å². The number of anilines is 2. The van der Waals surface area contributed by atoms with Crippen LogP contribution in [0.2, 0.25) is 0 Å². The third kappa shape index (κ3) is 3.73. The highest BCUT2D eigenvalue weighted by molar-refractivity contribution is 6.10. The summed E-state index contributed by atoms with van der Waals surface area (Å²) in [6.45, 7) is 3.90. The van der Waals surface area contributed by atoms with E-state index in [9.17, 15) is 9.59 Å². The molecule has 0 bridgehead atoms. The SMILES string of the molecule is Cc1ccc(NC(=O)c2nc(C(=O)Nc3ccccc3C)c3ccccn23)cc1. The van der Waals surface area contributed by atoms with Gasteiger partial charge in [-0.1, -0.05) is 42.0 Å². The highest BCUT2D eigenvalue weighted by Gasteiger charge is 2.22. The van der Waals surface area contributed by atoms with Gasteiger partial charge >= 0.3 is 0 Å². The molecule has 0 aliphatic heterocycles. The van der Waals surface area contributed by atoms with Crippen LogP contribution in [0.4, 0.5) is 11.4 Å². The normalized spacial score (nSPS) is 10.7. The predicted molar refractivity (Wildman–Crippen MR) is 113 cm³/mol. The Kier molecular flexibility index (Phi) is 4.83. The maximum absolute atomic E-state index is 12.9. The molecule has 6 nitrogen and oxygen atoms in total. The zero-order valence-electron chi connectivity index (χ0n) is 16.1. The van der Waals surface area contributed by atoms with Crippen molar-refractivity contribution >= 4 is 28.7 Å². The van der Waals surface area contributed by atoms with Crippen LogP contribution in [0, 0.1) is 13.8 Å². The van der Waals surface area contributed by atoms with E-state index in [4.69, 9.17) is 0 Å². The number of rotatable bonds is 4. The Bertz CT molecular complexity index is 1210. The summed E-state index contributed by atoms with van der Waals surface area (Å²) in [4.78, 5) is 30.1. The minimum Gasteiger partial charge on any atom is -0.320 e. The zero-order valence-corrected chi connectivity index (χ0v) is 16.1. The number of pyridine rings is 1. The van der Waals surface area contributed by atoms with Crippen molar-refractivity contribution < 1.29 is 9.59 Å². The average Bonchev–Trinajstić information content (AvgIpc) is 3.11. The van der Waals surface area contributed by atoms with Gasteiger partial charge in [-0.3, -0.25) is 14.0 Å². The van der Waals surface area contributed by atoms with Gasteiger partial charge in [0.2, 0.25) is 5.82 Å². The molecule has 29 heavy (non-hydrogen) atoms. The Hall–Kier alpha value is -3.93. The molecule has 2 heterocycles. The lowest BCUT2D eigenvalue weighted by atomic mass is 10.2. The molecule has 0 spiro atoms. The van der Waals surface area contributed by atoms with Crippen LogP contribution in [-0.2, 0) is 0 Å². The van der Waals surface area contributed by atoms with Crippen LogP contribution in [0.25, 0.3) is 5.52 Å². The summed E-state index contributed by atoms with van der Waals surface area (Å²) >= 11 is 0. The fourth-order valence-electron chi connectivity index (χ4n) is 3.08. The molecule has 0 aliphatic rings. The van der Waals surface area contributed by atoms with Crippen molar-refractivity contribution in [2.24, 2.45) is 0 Å². The van der Waals surface area contributed by atoms with Crippen LogP contribution in [0.15, 0.2) is 72.9 Å². The molecule has 2 amide bonds. The van der Waals surface area contributed by atoms with Gasteiger partial charge in [0.15, 0.2) is 5.69 Å². The zero-order chi connectivity index (χ0) is 20.4. The lowest BCUT2D eigenvalue weighted by Gasteiger charge is -2.06. The van der Waals surface area contributed by atoms with E-state index in [1.165, 1.54) is 0 Å². The van der Waals surface area contributed by atoms with E-state index in [1.54, 1.807) is 22.7 Å². The van der Waals surface area contributed by atoms with Gasteiger partial charge in [-0.05, 0) is 49.7 Å². The summed E-state index contributed by atoms with van der Waals surface area (Å²) in [5, 5.41) is 5.72. The number of benzene rings is 2. The monoisotopic (exact) mass is 384 g/mol. The number of carbonyl (C=O) groups excluding carboxylic acids is 2. The first-order valence-electron chi connectivity index (χ1n) is 9.25. The summed E-state index contributed by atoms with van der Waals surface area (Å²) in [7, 11) is 0. The summed E-state index contributed by atoms with van der Waals surface area (Å²) in [6, 6.07) is 20.4. The predicted octanol–water partition coefficient (Wildman–Crippen LogP) is 4.46. The van der Waals surface area contributed by atoms with E-state index >= 15 is 0 Å². The largest absolute Gasteiger partial charge is 0.320 e. The second-order valence-electron chi connectivity index (χ2n) is 6.83. The van der Waals surface area contributed by atoms with Gasteiger partial charge in [0.05, 0.1) is 5.52 Å². The van der Waals surface area contributed by atoms with E-state index in [0.29, 0.717) is 16.9 Å². The smallest absolute Gasteiger partial charge is 0.292 e. The molecule has 0 unspecified atom stereocenters.